The van der Waals surface area contributed by atoms with Crippen LogP contribution in [0.2, 0.25) is 5.02 Å². The van der Waals surface area contributed by atoms with Gasteiger partial charge in [-0.15, -0.1) is 11.8 Å². The molecule has 1 N–H and O–H groups in total. The molecule has 0 radical (unpaired) electrons. The Hall–Kier alpha value is -1.03. The molecular formula is C15H14ClFOS. The summed E-state index contributed by atoms with van der Waals surface area (Å²) in [6.07, 6.45) is -0.471. The van der Waals surface area contributed by atoms with E-state index in [9.17, 15) is 9.50 Å². The molecule has 1 unspecified atom stereocenters. The second-order valence-corrected chi connectivity index (χ2v) is 5.74. The van der Waals surface area contributed by atoms with Gasteiger partial charge in [0.2, 0.25) is 0 Å². The Kier molecular flexibility index (Phi) is 4.86. The number of aliphatic hydroxyl groups is 1. The van der Waals surface area contributed by atoms with Gasteiger partial charge < -0.3 is 5.11 Å². The highest BCUT2D eigenvalue weighted by Gasteiger charge is 2.04. The van der Waals surface area contributed by atoms with Gasteiger partial charge in [0.05, 0.1) is 11.1 Å². The van der Waals surface area contributed by atoms with Crippen molar-refractivity contribution < 1.29 is 9.50 Å². The quantitative estimate of drug-likeness (QED) is 0.816. The molecule has 19 heavy (non-hydrogen) atoms. The van der Waals surface area contributed by atoms with Crippen molar-refractivity contribution in [3.63, 3.8) is 0 Å². The lowest BCUT2D eigenvalue weighted by Crippen LogP contribution is -1.90. The largest absolute Gasteiger partial charge is 0.389 e. The first kappa shape index (κ1) is 14.4. The molecule has 0 heterocycles. The fraction of sp³-hybridized carbons (Fsp3) is 0.200. The summed E-state index contributed by atoms with van der Waals surface area (Å²) in [7, 11) is 0. The molecule has 0 saturated carbocycles. The minimum atomic E-state index is -0.471. The first-order valence-corrected chi connectivity index (χ1v) is 7.27. The van der Waals surface area contributed by atoms with Gasteiger partial charge in [0, 0.05) is 10.6 Å². The highest BCUT2D eigenvalue weighted by molar-refractivity contribution is 7.98. The van der Waals surface area contributed by atoms with Crippen molar-refractivity contribution in [3.05, 3.63) is 64.4 Å². The maximum atomic E-state index is 13.0. The van der Waals surface area contributed by atoms with Gasteiger partial charge in [0.15, 0.2) is 0 Å². The van der Waals surface area contributed by atoms with Crippen molar-refractivity contribution in [2.24, 2.45) is 0 Å². The lowest BCUT2D eigenvalue weighted by atomic mass is 10.1. The Bertz CT molecular complexity index is 572. The molecule has 0 spiro atoms. The molecule has 0 fully saturated rings. The van der Waals surface area contributed by atoms with Crippen LogP contribution in [-0.4, -0.2) is 5.11 Å². The van der Waals surface area contributed by atoms with E-state index in [0.29, 0.717) is 5.75 Å². The van der Waals surface area contributed by atoms with E-state index in [-0.39, 0.29) is 5.02 Å². The molecule has 2 aromatic rings. The molecule has 0 saturated heterocycles. The summed E-state index contributed by atoms with van der Waals surface area (Å²) in [6.45, 7) is 1.74. The summed E-state index contributed by atoms with van der Waals surface area (Å²) in [5.74, 6) is 0.315. The zero-order valence-corrected chi connectivity index (χ0v) is 12.0. The summed E-state index contributed by atoms with van der Waals surface area (Å²) < 4.78 is 13.0. The van der Waals surface area contributed by atoms with E-state index in [2.05, 4.69) is 0 Å². The number of thioether (sulfide) groups is 1. The Morgan fingerprint density at radius 1 is 1.26 bits per heavy atom. The minimum absolute atomic E-state index is 0.149. The lowest BCUT2D eigenvalue weighted by Gasteiger charge is -2.07. The van der Waals surface area contributed by atoms with Gasteiger partial charge in [-0.05, 0) is 42.3 Å². The zero-order valence-electron chi connectivity index (χ0n) is 10.4. The Balaban J connectivity index is 2.05. The van der Waals surface area contributed by atoms with Crippen molar-refractivity contribution in [1.82, 2.24) is 0 Å². The molecule has 0 aliphatic heterocycles. The maximum Gasteiger partial charge on any atom is 0.141 e. The Morgan fingerprint density at radius 2 is 2.05 bits per heavy atom. The lowest BCUT2D eigenvalue weighted by molar-refractivity contribution is 0.199. The monoisotopic (exact) mass is 296 g/mol. The van der Waals surface area contributed by atoms with E-state index in [1.807, 2.05) is 24.3 Å². The van der Waals surface area contributed by atoms with Crippen molar-refractivity contribution in [2.45, 2.75) is 23.7 Å². The zero-order chi connectivity index (χ0) is 13.8. The van der Waals surface area contributed by atoms with Crippen LogP contribution in [0.3, 0.4) is 0 Å². The van der Waals surface area contributed by atoms with Gasteiger partial charge in [0.25, 0.3) is 0 Å². The van der Waals surface area contributed by atoms with Crippen LogP contribution < -0.4 is 0 Å². The van der Waals surface area contributed by atoms with Crippen molar-refractivity contribution in [2.75, 3.05) is 0 Å². The van der Waals surface area contributed by atoms with Crippen LogP contribution in [0.25, 0.3) is 0 Å². The van der Waals surface area contributed by atoms with Gasteiger partial charge in [-0.2, -0.15) is 0 Å². The standard InChI is InChI=1S/C15H14ClFOS/c1-10(18)12-3-2-4-13(8-12)19-9-11-5-6-15(17)14(16)7-11/h2-8,10,18H,9H2,1H3. The normalized spacial score (nSPS) is 12.4. The van der Waals surface area contributed by atoms with Crippen molar-refractivity contribution in [3.8, 4) is 0 Å². The molecule has 4 heteroatoms. The second kappa shape index (κ2) is 6.42. The molecule has 0 bridgehead atoms. The summed E-state index contributed by atoms with van der Waals surface area (Å²) in [4.78, 5) is 1.07. The van der Waals surface area contributed by atoms with Gasteiger partial charge in [0.1, 0.15) is 5.82 Å². The van der Waals surface area contributed by atoms with Gasteiger partial charge in [-0.3, -0.25) is 0 Å². The number of aliphatic hydroxyl groups excluding tert-OH is 1. The summed E-state index contributed by atoms with van der Waals surface area (Å²) in [5, 5.41) is 9.68. The topological polar surface area (TPSA) is 20.2 Å². The van der Waals surface area contributed by atoms with Crippen LogP contribution in [-0.2, 0) is 5.75 Å². The maximum absolute atomic E-state index is 13.0. The van der Waals surface area contributed by atoms with Crippen LogP contribution in [0.4, 0.5) is 4.39 Å². The molecule has 2 aromatic carbocycles. The number of halogens is 2. The second-order valence-electron chi connectivity index (χ2n) is 4.29. The molecule has 1 nitrogen and oxygen atoms in total. The van der Waals surface area contributed by atoms with E-state index in [1.165, 1.54) is 6.07 Å². The SMILES string of the molecule is CC(O)c1cccc(SCc2ccc(F)c(Cl)c2)c1. The van der Waals surface area contributed by atoms with Crippen LogP contribution in [0.15, 0.2) is 47.4 Å². The van der Waals surface area contributed by atoms with Crippen LogP contribution >= 0.6 is 23.4 Å². The van der Waals surface area contributed by atoms with Crippen LogP contribution in [0.1, 0.15) is 24.2 Å². The average molecular weight is 297 g/mol. The summed E-state index contributed by atoms with van der Waals surface area (Å²) >= 11 is 7.37. The average Bonchev–Trinajstić information content (AvgIpc) is 2.40. The highest BCUT2D eigenvalue weighted by atomic mass is 35.5. The third-order valence-electron chi connectivity index (χ3n) is 2.73. The molecule has 0 amide bonds. The number of rotatable bonds is 4. The molecule has 2 rings (SSSR count). The molecule has 0 aromatic heterocycles. The van der Waals surface area contributed by atoms with E-state index in [1.54, 1.807) is 30.8 Å². The van der Waals surface area contributed by atoms with E-state index in [4.69, 9.17) is 11.6 Å². The smallest absolute Gasteiger partial charge is 0.141 e. The van der Waals surface area contributed by atoms with Gasteiger partial charge in [-0.25, -0.2) is 4.39 Å². The molecule has 0 aliphatic carbocycles. The van der Waals surface area contributed by atoms with E-state index < -0.39 is 11.9 Å². The minimum Gasteiger partial charge on any atom is -0.389 e. The fourth-order valence-electron chi connectivity index (χ4n) is 1.66. The van der Waals surface area contributed by atoms with Crippen molar-refractivity contribution in [1.29, 1.82) is 0 Å². The third kappa shape index (κ3) is 3.96. The predicted molar refractivity (Wildman–Crippen MR) is 78.0 cm³/mol. The van der Waals surface area contributed by atoms with Gasteiger partial charge >= 0.3 is 0 Å². The van der Waals surface area contributed by atoms with E-state index in [0.717, 1.165) is 16.0 Å². The third-order valence-corrected chi connectivity index (χ3v) is 4.08. The van der Waals surface area contributed by atoms with Crippen LogP contribution in [0, 0.1) is 5.82 Å². The predicted octanol–water partition coefficient (Wildman–Crippen LogP) is 4.82. The fourth-order valence-corrected chi connectivity index (χ4v) is 2.77. The number of hydrogen-bond acceptors (Lipinski definition) is 2. The Morgan fingerprint density at radius 3 is 2.74 bits per heavy atom. The van der Waals surface area contributed by atoms with Crippen molar-refractivity contribution >= 4 is 23.4 Å². The molecular weight excluding hydrogens is 283 g/mol. The molecule has 0 aliphatic rings. The molecule has 1 atom stereocenters. The summed E-state index contributed by atoms with van der Waals surface area (Å²) in [6, 6.07) is 12.5. The van der Waals surface area contributed by atoms with Gasteiger partial charge in [-0.1, -0.05) is 29.8 Å². The first-order valence-electron chi connectivity index (χ1n) is 5.91. The van der Waals surface area contributed by atoms with Crippen LogP contribution in [0.5, 0.6) is 0 Å². The number of hydrogen-bond donors (Lipinski definition) is 1. The highest BCUT2D eigenvalue weighted by Crippen LogP contribution is 2.27. The number of benzene rings is 2. The Labute approximate surface area is 121 Å². The summed E-state index contributed by atoms with van der Waals surface area (Å²) in [5.41, 5.74) is 1.86. The molecule has 100 valence electrons. The van der Waals surface area contributed by atoms with E-state index >= 15 is 0 Å². The first-order chi connectivity index (χ1) is 9.06.